The summed E-state index contributed by atoms with van der Waals surface area (Å²) in [7, 11) is 0. The molecule has 4 aromatic heterocycles. The van der Waals surface area contributed by atoms with Gasteiger partial charge in [0.1, 0.15) is 11.4 Å². The van der Waals surface area contributed by atoms with Gasteiger partial charge in [-0.15, -0.1) is 11.3 Å². The monoisotopic (exact) mass is 531 g/mol. The molecule has 0 aliphatic heterocycles. The van der Waals surface area contributed by atoms with Crippen molar-refractivity contribution in [2.45, 2.75) is 19.9 Å². The van der Waals surface area contributed by atoms with Gasteiger partial charge >= 0.3 is 0 Å². The first-order valence-corrected chi connectivity index (χ1v) is 13.0. The average molecular weight is 532 g/mol. The number of rotatable bonds is 4. The molecule has 0 bridgehead atoms. The third kappa shape index (κ3) is 4.45. The van der Waals surface area contributed by atoms with E-state index >= 15 is 0 Å². The molecule has 6 aromatic rings. The molecular weight excluding hydrogens is 510 g/mol. The summed E-state index contributed by atoms with van der Waals surface area (Å²) in [6.07, 6.45) is 5.04. The van der Waals surface area contributed by atoms with Gasteiger partial charge in [0, 0.05) is 18.0 Å². The summed E-state index contributed by atoms with van der Waals surface area (Å²) in [5.41, 5.74) is 4.51. The predicted molar refractivity (Wildman–Crippen MR) is 149 cm³/mol. The Morgan fingerprint density at radius 3 is 2.72 bits per heavy atom. The van der Waals surface area contributed by atoms with E-state index in [9.17, 15) is 9.59 Å². The van der Waals surface area contributed by atoms with Gasteiger partial charge in [-0.25, -0.2) is 14.5 Å². The van der Waals surface area contributed by atoms with Gasteiger partial charge in [0.2, 0.25) is 0 Å². The molecule has 2 aromatic carbocycles. The fourth-order valence-electron chi connectivity index (χ4n) is 4.47. The molecule has 0 saturated carbocycles. The molecule has 4 heterocycles. The Bertz CT molecular complexity index is 1970. The number of para-hydroxylation sites is 1. The highest BCUT2D eigenvalue weighted by Gasteiger charge is 2.24. The molecule has 6 rings (SSSR count). The van der Waals surface area contributed by atoms with Gasteiger partial charge < -0.3 is 5.32 Å². The van der Waals surface area contributed by atoms with Crippen LogP contribution in [0, 0.1) is 18.8 Å². The predicted octanol–water partition coefficient (Wildman–Crippen LogP) is 4.08. The Morgan fingerprint density at radius 1 is 1.08 bits per heavy atom. The number of hydrogen-bond acceptors (Lipinski definition) is 7. The van der Waals surface area contributed by atoms with Crippen molar-refractivity contribution in [3.05, 3.63) is 117 Å². The standard InChI is InChI=1S/C29H21N7O2S/c1-18-24(27-31-14-7-15-35(27)34-18)28(37)32-19(2)26-33-23-11-6-8-20(12-13-22-16-30-17-39-22)25(23)29(38)36(26)21-9-4-3-5-10-21/h3-11,14-17,19H,1-2H3,(H,32,37)/t19-/m0/s1. The molecule has 0 radical (unpaired) electrons. The highest BCUT2D eigenvalue weighted by atomic mass is 32.1. The van der Waals surface area contributed by atoms with Crippen molar-refractivity contribution in [1.29, 1.82) is 0 Å². The average Bonchev–Trinajstić information content (AvgIpc) is 3.59. The second-order valence-corrected chi connectivity index (χ2v) is 9.69. The van der Waals surface area contributed by atoms with Crippen molar-refractivity contribution in [1.82, 2.24) is 34.4 Å². The third-order valence-corrected chi connectivity index (χ3v) is 6.91. The third-order valence-electron chi connectivity index (χ3n) is 6.22. The van der Waals surface area contributed by atoms with Crippen molar-refractivity contribution in [2.24, 2.45) is 0 Å². The van der Waals surface area contributed by atoms with E-state index in [1.165, 1.54) is 15.9 Å². The van der Waals surface area contributed by atoms with Gasteiger partial charge in [-0.05, 0) is 50.1 Å². The zero-order valence-corrected chi connectivity index (χ0v) is 21.8. The Balaban J connectivity index is 1.48. The molecule has 39 heavy (non-hydrogen) atoms. The second kappa shape index (κ2) is 9.96. The number of thiazole rings is 1. The molecule has 0 fully saturated rings. The van der Waals surface area contributed by atoms with Gasteiger partial charge in [-0.1, -0.05) is 30.2 Å². The summed E-state index contributed by atoms with van der Waals surface area (Å²) >= 11 is 1.43. The maximum Gasteiger partial charge on any atom is 0.267 e. The first-order valence-electron chi connectivity index (χ1n) is 12.1. The summed E-state index contributed by atoms with van der Waals surface area (Å²) < 4.78 is 3.10. The van der Waals surface area contributed by atoms with E-state index in [0.717, 1.165) is 4.88 Å². The Kier molecular flexibility index (Phi) is 6.19. The van der Waals surface area contributed by atoms with Gasteiger partial charge in [0.25, 0.3) is 11.5 Å². The number of hydrogen-bond donors (Lipinski definition) is 1. The van der Waals surface area contributed by atoms with Crippen molar-refractivity contribution >= 4 is 33.8 Å². The number of nitrogens with one attached hydrogen (secondary N) is 1. The highest BCUT2D eigenvalue weighted by molar-refractivity contribution is 7.10. The van der Waals surface area contributed by atoms with E-state index in [1.54, 1.807) is 60.7 Å². The zero-order valence-electron chi connectivity index (χ0n) is 21.0. The number of aryl methyl sites for hydroxylation is 1. The second-order valence-electron chi connectivity index (χ2n) is 8.80. The lowest BCUT2D eigenvalue weighted by Crippen LogP contribution is -2.33. The fraction of sp³-hybridized carbons (Fsp3) is 0.103. The summed E-state index contributed by atoms with van der Waals surface area (Å²) in [4.78, 5) is 41.6. The minimum absolute atomic E-state index is 0.273. The quantitative estimate of drug-likeness (QED) is 0.344. The molecule has 0 aliphatic rings. The number of nitrogens with zero attached hydrogens (tertiary/aromatic N) is 6. The topological polar surface area (TPSA) is 107 Å². The van der Waals surface area contributed by atoms with E-state index in [1.807, 2.05) is 36.4 Å². The largest absolute Gasteiger partial charge is 0.342 e. The summed E-state index contributed by atoms with van der Waals surface area (Å²) in [5.74, 6) is 6.23. The van der Waals surface area contributed by atoms with Crippen LogP contribution in [0.25, 0.3) is 22.2 Å². The van der Waals surface area contributed by atoms with Crippen LogP contribution >= 0.6 is 11.3 Å². The number of amides is 1. The van der Waals surface area contributed by atoms with E-state index < -0.39 is 6.04 Å². The van der Waals surface area contributed by atoms with Crippen molar-refractivity contribution in [2.75, 3.05) is 0 Å². The lowest BCUT2D eigenvalue weighted by molar-refractivity contribution is 0.0938. The van der Waals surface area contributed by atoms with Crippen LogP contribution in [0.1, 0.15) is 45.3 Å². The maximum absolute atomic E-state index is 14.1. The van der Waals surface area contributed by atoms with Crippen molar-refractivity contribution in [3.63, 3.8) is 0 Å². The molecule has 9 nitrogen and oxygen atoms in total. The number of benzene rings is 2. The Labute approximate surface area is 226 Å². The molecule has 0 spiro atoms. The van der Waals surface area contributed by atoms with Crippen LogP contribution in [-0.2, 0) is 0 Å². The van der Waals surface area contributed by atoms with Gasteiger partial charge in [-0.2, -0.15) is 5.10 Å². The Morgan fingerprint density at radius 2 is 1.92 bits per heavy atom. The van der Waals surface area contributed by atoms with E-state index in [0.29, 0.717) is 44.9 Å². The van der Waals surface area contributed by atoms with Crippen LogP contribution in [0.2, 0.25) is 0 Å². The van der Waals surface area contributed by atoms with Crippen LogP contribution < -0.4 is 10.9 Å². The van der Waals surface area contributed by atoms with Gasteiger partial charge in [-0.3, -0.25) is 19.1 Å². The molecule has 0 saturated heterocycles. The molecule has 1 N–H and O–H groups in total. The van der Waals surface area contributed by atoms with E-state index in [-0.39, 0.29) is 11.5 Å². The van der Waals surface area contributed by atoms with Crippen molar-refractivity contribution < 1.29 is 4.79 Å². The number of aromatic nitrogens is 6. The molecule has 0 unspecified atom stereocenters. The number of carbonyl (C=O) groups excluding carboxylic acids is 1. The molecule has 1 atom stereocenters. The zero-order chi connectivity index (χ0) is 26.9. The fourth-order valence-corrected chi connectivity index (χ4v) is 4.94. The minimum Gasteiger partial charge on any atom is -0.342 e. The van der Waals surface area contributed by atoms with Crippen LogP contribution in [0.15, 0.2) is 83.5 Å². The van der Waals surface area contributed by atoms with Gasteiger partial charge in [0.15, 0.2) is 5.65 Å². The molecular formula is C29H21N7O2S. The molecule has 0 aliphatic carbocycles. The van der Waals surface area contributed by atoms with Crippen LogP contribution in [0.3, 0.4) is 0 Å². The lowest BCUT2D eigenvalue weighted by Gasteiger charge is -2.20. The SMILES string of the molecule is Cc1nn2cccnc2c1C(=O)N[C@@H](C)c1nc2cccc(C#Cc3cncs3)c2c(=O)n1-c1ccccc1. The normalized spacial score (nSPS) is 11.7. The molecule has 10 heteroatoms. The Hall–Kier alpha value is -5.14. The van der Waals surface area contributed by atoms with E-state index in [4.69, 9.17) is 4.98 Å². The summed E-state index contributed by atoms with van der Waals surface area (Å²) in [6, 6.07) is 15.8. The summed E-state index contributed by atoms with van der Waals surface area (Å²) in [6.45, 7) is 3.56. The van der Waals surface area contributed by atoms with Crippen LogP contribution in [0.4, 0.5) is 0 Å². The highest BCUT2D eigenvalue weighted by Crippen LogP contribution is 2.21. The first kappa shape index (κ1) is 24.2. The first-order chi connectivity index (χ1) is 19.0. The van der Waals surface area contributed by atoms with Crippen LogP contribution in [0.5, 0.6) is 0 Å². The smallest absolute Gasteiger partial charge is 0.267 e. The van der Waals surface area contributed by atoms with Crippen molar-refractivity contribution in [3.8, 4) is 17.5 Å². The maximum atomic E-state index is 14.1. The number of carbonyl (C=O) groups is 1. The van der Waals surface area contributed by atoms with Crippen LogP contribution in [-0.4, -0.2) is 35.0 Å². The molecule has 190 valence electrons. The lowest BCUT2D eigenvalue weighted by atomic mass is 10.1. The van der Waals surface area contributed by atoms with E-state index in [2.05, 4.69) is 32.2 Å². The molecule has 1 amide bonds. The van der Waals surface area contributed by atoms with Gasteiger partial charge in [0.05, 0.1) is 44.9 Å². The summed E-state index contributed by atoms with van der Waals surface area (Å²) in [5, 5.41) is 7.80. The minimum atomic E-state index is -0.625. The number of fused-ring (bicyclic) bond motifs is 2.